The minimum atomic E-state index is -0.277. The van der Waals surface area contributed by atoms with Crippen molar-refractivity contribution in [2.75, 3.05) is 5.32 Å². The number of nitrogens with zero attached hydrogens (tertiary/aromatic N) is 4. The number of hydrogen-bond acceptors (Lipinski definition) is 6. The predicted octanol–water partition coefficient (Wildman–Crippen LogP) is 5.81. The third kappa shape index (κ3) is 5.33. The smallest absolute Gasteiger partial charge is 0.259 e. The average Bonchev–Trinajstić information content (AvgIpc) is 3.33. The van der Waals surface area contributed by atoms with E-state index in [1.54, 1.807) is 59.3 Å². The van der Waals surface area contributed by atoms with Crippen molar-refractivity contribution in [3.8, 4) is 28.9 Å². The van der Waals surface area contributed by atoms with Gasteiger partial charge in [-0.15, -0.1) is 10.2 Å². The van der Waals surface area contributed by atoms with Gasteiger partial charge in [-0.05, 0) is 67.6 Å². The van der Waals surface area contributed by atoms with Gasteiger partial charge in [-0.1, -0.05) is 30.3 Å². The van der Waals surface area contributed by atoms with Crippen LogP contribution >= 0.6 is 0 Å². The molecular weight excluding hydrogens is 442 g/mol. The molecule has 0 aliphatic rings. The summed E-state index contributed by atoms with van der Waals surface area (Å²) in [6, 6.07) is 28.8. The molecule has 2 aromatic heterocycles. The molecule has 1 N–H and O–H groups in total. The number of amides is 1. The second-order valence-corrected chi connectivity index (χ2v) is 7.62. The topological polar surface area (TPSA) is 91.2 Å². The van der Waals surface area contributed by atoms with E-state index in [0.717, 1.165) is 5.69 Å². The molecular formula is C27H21N5O3. The van der Waals surface area contributed by atoms with Crippen molar-refractivity contribution in [2.45, 2.75) is 6.92 Å². The van der Waals surface area contributed by atoms with E-state index >= 15 is 0 Å². The molecule has 3 aromatic carbocycles. The molecule has 8 heteroatoms. The fourth-order valence-corrected chi connectivity index (χ4v) is 3.32. The summed E-state index contributed by atoms with van der Waals surface area (Å²) in [5.41, 5.74) is 1.94. The number of benzene rings is 3. The molecule has 0 atom stereocenters. The van der Waals surface area contributed by atoms with Crippen molar-refractivity contribution in [3.63, 3.8) is 0 Å². The van der Waals surface area contributed by atoms with E-state index in [4.69, 9.17) is 9.47 Å². The maximum atomic E-state index is 12.9. The van der Waals surface area contributed by atoms with Crippen LogP contribution in [0.2, 0.25) is 0 Å². The first-order chi connectivity index (χ1) is 17.1. The number of nitrogens with one attached hydrogen (secondary N) is 1. The van der Waals surface area contributed by atoms with Crippen molar-refractivity contribution in [1.29, 1.82) is 0 Å². The molecule has 0 aliphatic heterocycles. The fourth-order valence-electron chi connectivity index (χ4n) is 3.32. The maximum absolute atomic E-state index is 12.9. The second-order valence-electron chi connectivity index (χ2n) is 7.62. The number of carbonyl (C=O) groups is 1. The summed E-state index contributed by atoms with van der Waals surface area (Å²) < 4.78 is 13.3. The molecule has 0 fully saturated rings. The van der Waals surface area contributed by atoms with Gasteiger partial charge in [0.25, 0.3) is 5.91 Å². The molecule has 5 aromatic rings. The first-order valence-corrected chi connectivity index (χ1v) is 10.9. The molecule has 0 bridgehead atoms. The van der Waals surface area contributed by atoms with Crippen LogP contribution < -0.4 is 14.8 Å². The van der Waals surface area contributed by atoms with E-state index in [9.17, 15) is 4.79 Å². The molecule has 0 radical (unpaired) electrons. The lowest BCUT2D eigenvalue weighted by Crippen LogP contribution is -2.12. The monoisotopic (exact) mass is 463 g/mol. The molecule has 1 amide bonds. The van der Waals surface area contributed by atoms with E-state index in [-0.39, 0.29) is 5.91 Å². The summed E-state index contributed by atoms with van der Waals surface area (Å²) in [5, 5.41) is 15.4. The lowest BCUT2D eigenvalue weighted by atomic mass is 10.1. The van der Waals surface area contributed by atoms with Crippen molar-refractivity contribution < 1.29 is 14.3 Å². The van der Waals surface area contributed by atoms with Crippen LogP contribution in [0.1, 0.15) is 16.1 Å². The standard InChI is InChI=1S/C27H21N5O3/c1-19-17-18-32(31-19)25-15-16-26(30-29-25)35-22-13-11-20(12-14-22)28-27(33)23-9-5-6-10-24(23)34-21-7-3-2-4-8-21/h2-18H,1H3,(H,28,33). The third-order valence-corrected chi connectivity index (χ3v) is 5.02. The highest BCUT2D eigenvalue weighted by atomic mass is 16.5. The Balaban J connectivity index is 1.23. The Morgan fingerprint density at radius 2 is 1.51 bits per heavy atom. The third-order valence-electron chi connectivity index (χ3n) is 5.02. The van der Waals surface area contributed by atoms with Crippen LogP contribution in [0.25, 0.3) is 5.82 Å². The molecule has 2 heterocycles. The van der Waals surface area contributed by atoms with Crippen LogP contribution in [-0.4, -0.2) is 25.9 Å². The van der Waals surface area contributed by atoms with Gasteiger partial charge in [-0.3, -0.25) is 4.79 Å². The van der Waals surface area contributed by atoms with E-state index in [1.807, 2.05) is 55.6 Å². The average molecular weight is 463 g/mol. The molecule has 35 heavy (non-hydrogen) atoms. The van der Waals surface area contributed by atoms with Crippen LogP contribution in [-0.2, 0) is 0 Å². The Bertz CT molecular complexity index is 1430. The maximum Gasteiger partial charge on any atom is 0.259 e. The number of aryl methyl sites for hydroxylation is 1. The van der Waals surface area contributed by atoms with Crippen molar-refractivity contribution in [2.24, 2.45) is 0 Å². The summed E-state index contributed by atoms with van der Waals surface area (Å²) >= 11 is 0. The van der Waals surface area contributed by atoms with Gasteiger partial charge in [0.2, 0.25) is 5.88 Å². The van der Waals surface area contributed by atoms with Gasteiger partial charge in [0, 0.05) is 18.0 Å². The number of ether oxygens (including phenoxy) is 2. The Morgan fingerprint density at radius 1 is 0.771 bits per heavy atom. The van der Waals surface area contributed by atoms with E-state index in [0.29, 0.717) is 40.2 Å². The predicted molar refractivity (Wildman–Crippen MR) is 131 cm³/mol. The zero-order valence-corrected chi connectivity index (χ0v) is 18.8. The van der Waals surface area contributed by atoms with Crippen LogP contribution in [0.4, 0.5) is 5.69 Å². The number of aromatic nitrogens is 4. The molecule has 0 saturated heterocycles. The van der Waals surface area contributed by atoms with Gasteiger partial charge in [-0.2, -0.15) is 5.10 Å². The zero-order valence-electron chi connectivity index (χ0n) is 18.8. The second kappa shape index (κ2) is 9.88. The van der Waals surface area contributed by atoms with Gasteiger partial charge in [0.05, 0.1) is 11.3 Å². The zero-order chi connectivity index (χ0) is 24.0. The Hall–Kier alpha value is -4.98. The van der Waals surface area contributed by atoms with Crippen LogP contribution in [0.3, 0.4) is 0 Å². The van der Waals surface area contributed by atoms with Gasteiger partial charge in [-0.25, -0.2) is 4.68 Å². The summed E-state index contributed by atoms with van der Waals surface area (Å²) in [4.78, 5) is 12.9. The van der Waals surface area contributed by atoms with E-state index in [2.05, 4.69) is 20.6 Å². The number of hydrogen-bond donors (Lipinski definition) is 1. The first kappa shape index (κ1) is 21.8. The minimum Gasteiger partial charge on any atom is -0.457 e. The van der Waals surface area contributed by atoms with Gasteiger partial charge >= 0.3 is 0 Å². The first-order valence-electron chi connectivity index (χ1n) is 10.9. The number of carbonyl (C=O) groups excluding carboxylic acids is 1. The summed E-state index contributed by atoms with van der Waals surface area (Å²) in [6.45, 7) is 1.91. The fraction of sp³-hybridized carbons (Fsp3) is 0.0370. The number of para-hydroxylation sites is 2. The molecule has 0 aliphatic carbocycles. The molecule has 172 valence electrons. The molecule has 8 nitrogen and oxygen atoms in total. The van der Waals surface area contributed by atoms with E-state index in [1.165, 1.54) is 0 Å². The molecule has 0 saturated carbocycles. The normalized spacial score (nSPS) is 10.5. The quantitative estimate of drug-likeness (QED) is 0.328. The van der Waals surface area contributed by atoms with E-state index < -0.39 is 0 Å². The number of anilines is 1. The lowest BCUT2D eigenvalue weighted by molar-refractivity contribution is 0.102. The summed E-state index contributed by atoms with van der Waals surface area (Å²) in [7, 11) is 0. The summed E-state index contributed by atoms with van der Waals surface area (Å²) in [6.07, 6.45) is 1.82. The van der Waals surface area contributed by atoms with Crippen LogP contribution in [0, 0.1) is 6.92 Å². The highest BCUT2D eigenvalue weighted by Crippen LogP contribution is 2.27. The Labute approximate surface area is 201 Å². The van der Waals surface area contributed by atoms with Crippen LogP contribution in [0.15, 0.2) is 103 Å². The Morgan fingerprint density at radius 3 is 2.23 bits per heavy atom. The summed E-state index contributed by atoms with van der Waals surface area (Å²) in [5.74, 6) is 2.36. The highest BCUT2D eigenvalue weighted by Gasteiger charge is 2.13. The molecule has 5 rings (SSSR count). The van der Waals surface area contributed by atoms with Crippen LogP contribution in [0.5, 0.6) is 23.1 Å². The van der Waals surface area contributed by atoms with Crippen molar-refractivity contribution in [3.05, 3.63) is 115 Å². The van der Waals surface area contributed by atoms with Crippen molar-refractivity contribution >= 4 is 11.6 Å². The minimum absolute atomic E-state index is 0.277. The number of rotatable bonds is 7. The molecule has 0 spiro atoms. The van der Waals surface area contributed by atoms with Gasteiger partial charge in [0.15, 0.2) is 5.82 Å². The van der Waals surface area contributed by atoms with Crippen molar-refractivity contribution in [1.82, 2.24) is 20.0 Å². The lowest BCUT2D eigenvalue weighted by Gasteiger charge is -2.12. The SMILES string of the molecule is Cc1ccn(-c2ccc(Oc3ccc(NC(=O)c4ccccc4Oc4ccccc4)cc3)nn2)n1. The Kier molecular flexibility index (Phi) is 6.17. The highest BCUT2D eigenvalue weighted by molar-refractivity contribution is 6.06. The largest absolute Gasteiger partial charge is 0.457 e. The van der Waals surface area contributed by atoms with Gasteiger partial charge < -0.3 is 14.8 Å². The molecule has 0 unspecified atom stereocenters. The van der Waals surface area contributed by atoms with Gasteiger partial charge in [0.1, 0.15) is 17.2 Å².